The summed E-state index contributed by atoms with van der Waals surface area (Å²) >= 11 is 0. The second-order valence-corrected chi connectivity index (χ2v) is 4.27. The average molecular weight is 204 g/mol. The van der Waals surface area contributed by atoms with Gasteiger partial charge in [0.2, 0.25) is 0 Å². The first kappa shape index (κ1) is 10.1. The van der Waals surface area contributed by atoms with E-state index in [0.717, 1.165) is 24.5 Å². The fraction of sp³-hybridized carbons (Fsp3) is 0.500. The molecule has 1 aromatic rings. The van der Waals surface area contributed by atoms with Crippen LogP contribution in [-0.4, -0.2) is 23.9 Å². The van der Waals surface area contributed by atoms with Gasteiger partial charge >= 0.3 is 0 Å². The molecule has 0 bridgehead atoms. The Balaban J connectivity index is 2.31. The van der Waals surface area contributed by atoms with Crippen LogP contribution in [0.15, 0.2) is 18.3 Å². The van der Waals surface area contributed by atoms with Gasteiger partial charge in [0.1, 0.15) is 5.82 Å². The van der Waals surface area contributed by atoms with Crippen LogP contribution in [-0.2, 0) is 0 Å². The third kappa shape index (κ3) is 2.01. The molecule has 0 N–H and O–H groups in total. The molecule has 1 fully saturated rings. The van der Waals surface area contributed by atoms with Crippen LogP contribution < -0.4 is 4.90 Å². The summed E-state index contributed by atoms with van der Waals surface area (Å²) in [6.07, 6.45) is 2.94. The Labute approximate surface area is 90.1 Å². The van der Waals surface area contributed by atoms with Gasteiger partial charge in [-0.1, -0.05) is 6.92 Å². The Morgan fingerprint density at radius 3 is 3.00 bits per heavy atom. The Morgan fingerprint density at radius 2 is 2.40 bits per heavy atom. The molecular formula is C12H16N2O. The van der Waals surface area contributed by atoms with E-state index in [4.69, 9.17) is 0 Å². The van der Waals surface area contributed by atoms with Crippen LogP contribution in [0.2, 0.25) is 0 Å². The molecule has 1 aromatic heterocycles. The van der Waals surface area contributed by atoms with E-state index in [1.54, 1.807) is 13.1 Å². The van der Waals surface area contributed by atoms with Crippen molar-refractivity contribution in [1.82, 2.24) is 4.98 Å². The highest BCUT2D eigenvalue weighted by Crippen LogP contribution is 2.24. The summed E-state index contributed by atoms with van der Waals surface area (Å²) in [6.45, 7) is 5.85. The SMILES string of the molecule is CC(=O)c1cccnc1N1CCC(C)C1. The average Bonchev–Trinajstić information content (AvgIpc) is 2.65. The van der Waals surface area contributed by atoms with Crippen LogP contribution >= 0.6 is 0 Å². The molecule has 0 aromatic carbocycles. The number of carbonyl (C=O) groups excluding carboxylic acids is 1. The predicted molar refractivity (Wildman–Crippen MR) is 60.2 cm³/mol. The molecule has 0 spiro atoms. The number of anilines is 1. The topological polar surface area (TPSA) is 33.2 Å². The largest absolute Gasteiger partial charge is 0.356 e. The highest BCUT2D eigenvalue weighted by atomic mass is 16.1. The van der Waals surface area contributed by atoms with Crippen molar-refractivity contribution in [3.8, 4) is 0 Å². The molecule has 2 heterocycles. The van der Waals surface area contributed by atoms with Crippen molar-refractivity contribution in [2.24, 2.45) is 5.92 Å². The van der Waals surface area contributed by atoms with Gasteiger partial charge in [-0.2, -0.15) is 0 Å². The van der Waals surface area contributed by atoms with E-state index >= 15 is 0 Å². The molecule has 2 rings (SSSR count). The molecule has 0 saturated carbocycles. The van der Waals surface area contributed by atoms with Crippen LogP contribution in [0.1, 0.15) is 30.6 Å². The second kappa shape index (κ2) is 4.01. The first-order chi connectivity index (χ1) is 7.18. The number of Topliss-reactive ketones (excluding diaryl/α,β-unsaturated/α-hetero) is 1. The van der Waals surface area contributed by atoms with Crippen molar-refractivity contribution in [3.63, 3.8) is 0 Å². The lowest BCUT2D eigenvalue weighted by Gasteiger charge is -2.19. The fourth-order valence-electron chi connectivity index (χ4n) is 2.05. The van der Waals surface area contributed by atoms with Crippen LogP contribution in [0.3, 0.4) is 0 Å². The van der Waals surface area contributed by atoms with Crippen molar-refractivity contribution >= 4 is 11.6 Å². The number of ketones is 1. The minimum absolute atomic E-state index is 0.0950. The molecule has 1 aliphatic heterocycles. The lowest BCUT2D eigenvalue weighted by molar-refractivity contribution is 0.101. The Hall–Kier alpha value is -1.38. The van der Waals surface area contributed by atoms with Crippen LogP contribution in [0.25, 0.3) is 0 Å². The van der Waals surface area contributed by atoms with E-state index in [9.17, 15) is 4.79 Å². The van der Waals surface area contributed by atoms with Gasteiger partial charge in [0.05, 0.1) is 5.56 Å². The summed E-state index contributed by atoms with van der Waals surface area (Å²) in [5, 5.41) is 0. The molecule has 1 aliphatic rings. The Bertz CT molecular complexity index is 376. The zero-order valence-corrected chi connectivity index (χ0v) is 9.23. The Kier molecular flexibility index (Phi) is 2.71. The summed E-state index contributed by atoms with van der Waals surface area (Å²) in [7, 11) is 0. The van der Waals surface area contributed by atoms with E-state index in [1.165, 1.54) is 6.42 Å². The summed E-state index contributed by atoms with van der Waals surface area (Å²) in [6, 6.07) is 3.67. The fourth-order valence-corrected chi connectivity index (χ4v) is 2.05. The summed E-state index contributed by atoms with van der Waals surface area (Å²) < 4.78 is 0. The van der Waals surface area contributed by atoms with Gasteiger partial charge in [0.25, 0.3) is 0 Å². The maximum atomic E-state index is 11.4. The molecule has 3 heteroatoms. The summed E-state index contributed by atoms with van der Waals surface area (Å²) in [5.41, 5.74) is 0.742. The van der Waals surface area contributed by atoms with Crippen molar-refractivity contribution in [2.75, 3.05) is 18.0 Å². The zero-order chi connectivity index (χ0) is 10.8. The lowest BCUT2D eigenvalue weighted by Crippen LogP contribution is -2.22. The van der Waals surface area contributed by atoms with E-state index in [2.05, 4.69) is 16.8 Å². The van der Waals surface area contributed by atoms with Crippen molar-refractivity contribution < 1.29 is 4.79 Å². The normalized spacial score (nSPS) is 20.7. The quantitative estimate of drug-likeness (QED) is 0.692. The Morgan fingerprint density at radius 1 is 1.60 bits per heavy atom. The third-order valence-corrected chi connectivity index (χ3v) is 2.89. The molecule has 0 aliphatic carbocycles. The molecule has 1 unspecified atom stereocenters. The smallest absolute Gasteiger partial charge is 0.163 e. The number of hydrogen-bond donors (Lipinski definition) is 0. The molecule has 0 radical (unpaired) electrons. The van der Waals surface area contributed by atoms with E-state index in [1.807, 2.05) is 12.1 Å². The van der Waals surface area contributed by atoms with Gasteiger partial charge in [-0.15, -0.1) is 0 Å². The van der Waals surface area contributed by atoms with Crippen LogP contribution in [0.5, 0.6) is 0 Å². The number of hydrogen-bond acceptors (Lipinski definition) is 3. The zero-order valence-electron chi connectivity index (χ0n) is 9.23. The molecular weight excluding hydrogens is 188 g/mol. The number of aromatic nitrogens is 1. The maximum Gasteiger partial charge on any atom is 0.163 e. The number of carbonyl (C=O) groups is 1. The molecule has 0 amide bonds. The van der Waals surface area contributed by atoms with Crippen LogP contribution in [0, 0.1) is 5.92 Å². The highest BCUT2D eigenvalue weighted by Gasteiger charge is 2.22. The van der Waals surface area contributed by atoms with Crippen molar-refractivity contribution in [3.05, 3.63) is 23.9 Å². The maximum absolute atomic E-state index is 11.4. The van der Waals surface area contributed by atoms with Gasteiger partial charge < -0.3 is 4.90 Å². The molecule has 1 saturated heterocycles. The molecule has 3 nitrogen and oxygen atoms in total. The third-order valence-electron chi connectivity index (χ3n) is 2.89. The predicted octanol–water partition coefficient (Wildman–Crippen LogP) is 2.13. The number of nitrogens with zero attached hydrogens (tertiary/aromatic N) is 2. The van der Waals surface area contributed by atoms with Crippen molar-refractivity contribution in [1.29, 1.82) is 0 Å². The molecule has 1 atom stereocenters. The minimum Gasteiger partial charge on any atom is -0.356 e. The standard InChI is InChI=1S/C12H16N2O/c1-9-5-7-14(8-9)12-11(10(2)15)4-3-6-13-12/h3-4,6,9H,5,7-8H2,1-2H3. The number of rotatable bonds is 2. The summed E-state index contributed by atoms with van der Waals surface area (Å²) in [5.74, 6) is 1.65. The van der Waals surface area contributed by atoms with Crippen LogP contribution in [0.4, 0.5) is 5.82 Å². The van der Waals surface area contributed by atoms with Gasteiger partial charge in [-0.3, -0.25) is 4.79 Å². The van der Waals surface area contributed by atoms with Crippen molar-refractivity contribution in [2.45, 2.75) is 20.3 Å². The first-order valence-electron chi connectivity index (χ1n) is 5.39. The second-order valence-electron chi connectivity index (χ2n) is 4.27. The minimum atomic E-state index is 0.0950. The highest BCUT2D eigenvalue weighted by molar-refractivity contribution is 5.98. The molecule has 15 heavy (non-hydrogen) atoms. The van der Waals surface area contributed by atoms with Gasteiger partial charge in [-0.05, 0) is 31.4 Å². The van der Waals surface area contributed by atoms with E-state index in [-0.39, 0.29) is 5.78 Å². The van der Waals surface area contributed by atoms with Gasteiger partial charge in [0.15, 0.2) is 5.78 Å². The van der Waals surface area contributed by atoms with Gasteiger partial charge in [0, 0.05) is 19.3 Å². The number of pyridine rings is 1. The van der Waals surface area contributed by atoms with E-state index in [0.29, 0.717) is 5.92 Å². The first-order valence-corrected chi connectivity index (χ1v) is 5.39. The summed E-state index contributed by atoms with van der Waals surface area (Å²) in [4.78, 5) is 18.0. The van der Waals surface area contributed by atoms with E-state index < -0.39 is 0 Å². The molecule has 80 valence electrons. The van der Waals surface area contributed by atoms with Gasteiger partial charge in [-0.25, -0.2) is 4.98 Å². The lowest BCUT2D eigenvalue weighted by atomic mass is 10.1. The monoisotopic (exact) mass is 204 g/mol.